The average molecular weight is 325 g/mol. The topological polar surface area (TPSA) is 93.5 Å². The Balaban J connectivity index is 1.86. The Morgan fingerprint density at radius 1 is 1.39 bits per heavy atom. The lowest BCUT2D eigenvalue weighted by Crippen LogP contribution is -2.82. The van der Waals surface area contributed by atoms with E-state index in [4.69, 9.17) is 10.5 Å². The van der Waals surface area contributed by atoms with Crippen LogP contribution in [0, 0.1) is 11.3 Å². The fraction of sp³-hybridized carbons (Fsp3) is 0.882. The molecule has 1 saturated heterocycles. The molecular weight excluding hydrogens is 294 g/mol. The number of carbonyl (C=O) groups is 2. The van der Waals surface area contributed by atoms with Crippen LogP contribution >= 0.6 is 0 Å². The molecule has 0 spiro atoms. The summed E-state index contributed by atoms with van der Waals surface area (Å²) in [5.74, 6) is -0.136. The van der Waals surface area contributed by atoms with Crippen molar-refractivity contribution >= 4 is 11.8 Å². The van der Waals surface area contributed by atoms with Crippen LogP contribution in [0.5, 0.6) is 0 Å². The van der Waals surface area contributed by atoms with Crippen LogP contribution in [0.3, 0.4) is 0 Å². The van der Waals surface area contributed by atoms with Gasteiger partial charge in [-0.05, 0) is 26.2 Å². The smallest absolute Gasteiger partial charge is 0.241 e. The van der Waals surface area contributed by atoms with Crippen molar-refractivity contribution in [1.82, 2.24) is 10.6 Å². The summed E-state index contributed by atoms with van der Waals surface area (Å²) in [6.45, 7) is 9.04. The van der Waals surface area contributed by atoms with E-state index in [9.17, 15) is 9.59 Å². The molecule has 1 aliphatic carbocycles. The van der Waals surface area contributed by atoms with E-state index in [2.05, 4.69) is 10.6 Å². The third kappa shape index (κ3) is 3.11. The number of nitrogens with one attached hydrogen (secondary N) is 2. The highest BCUT2D eigenvalue weighted by Crippen LogP contribution is 2.57. The van der Waals surface area contributed by atoms with Crippen molar-refractivity contribution < 1.29 is 14.3 Å². The number of amides is 2. The number of nitrogens with two attached hydrogens (primary N) is 1. The second kappa shape index (κ2) is 6.77. The maximum absolute atomic E-state index is 12.7. The first-order valence-corrected chi connectivity index (χ1v) is 8.73. The third-order valence-electron chi connectivity index (χ3n) is 5.72. The Bertz CT molecular complexity index is 466. The number of ether oxygens (including phenoxy) is 1. The van der Waals surface area contributed by atoms with E-state index in [1.807, 2.05) is 27.7 Å². The summed E-state index contributed by atoms with van der Waals surface area (Å²) in [4.78, 5) is 24.4. The molecule has 6 heteroatoms. The maximum atomic E-state index is 12.7. The van der Waals surface area contributed by atoms with Gasteiger partial charge in [0.25, 0.3) is 0 Å². The second-order valence-electron chi connectivity index (χ2n) is 7.51. The molecule has 0 aromatic rings. The van der Waals surface area contributed by atoms with Gasteiger partial charge in [-0.15, -0.1) is 0 Å². The lowest BCUT2D eigenvalue weighted by Gasteiger charge is -2.65. The Labute approximate surface area is 138 Å². The van der Waals surface area contributed by atoms with E-state index in [1.165, 1.54) is 0 Å². The highest BCUT2D eigenvalue weighted by atomic mass is 16.5. The summed E-state index contributed by atoms with van der Waals surface area (Å²) in [7, 11) is 0. The van der Waals surface area contributed by atoms with Crippen molar-refractivity contribution in [3.63, 3.8) is 0 Å². The second-order valence-corrected chi connectivity index (χ2v) is 7.51. The van der Waals surface area contributed by atoms with Crippen molar-refractivity contribution in [2.75, 3.05) is 13.2 Å². The van der Waals surface area contributed by atoms with Crippen LogP contribution in [-0.4, -0.2) is 42.7 Å². The molecule has 0 aromatic carbocycles. The van der Waals surface area contributed by atoms with Crippen LogP contribution in [0.25, 0.3) is 0 Å². The monoisotopic (exact) mass is 325 g/mol. The van der Waals surface area contributed by atoms with Gasteiger partial charge in [-0.2, -0.15) is 0 Å². The zero-order chi connectivity index (χ0) is 17.3. The minimum absolute atomic E-state index is 0.0440. The molecule has 2 amide bonds. The molecule has 23 heavy (non-hydrogen) atoms. The van der Waals surface area contributed by atoms with Gasteiger partial charge in [0.2, 0.25) is 11.8 Å². The standard InChI is InChI=1S/C17H31N3O3/c1-5-11(2)20-13(21)8-9-19-15(22)17(18)12-7-6-10-23-14(12)16(17,3)4/h11-12,14H,5-10,18H2,1-4H3,(H,19,22)(H,20,21). The first-order chi connectivity index (χ1) is 10.7. The van der Waals surface area contributed by atoms with Crippen molar-refractivity contribution in [3.05, 3.63) is 0 Å². The molecule has 0 bridgehead atoms. The molecule has 1 saturated carbocycles. The van der Waals surface area contributed by atoms with Crippen molar-refractivity contribution in [3.8, 4) is 0 Å². The molecule has 4 N–H and O–H groups in total. The highest BCUT2D eigenvalue weighted by molar-refractivity contribution is 5.90. The van der Waals surface area contributed by atoms with Crippen LogP contribution in [0.2, 0.25) is 0 Å². The maximum Gasteiger partial charge on any atom is 0.241 e. The summed E-state index contributed by atoms with van der Waals surface area (Å²) < 4.78 is 5.81. The van der Waals surface area contributed by atoms with E-state index in [1.54, 1.807) is 0 Å². The van der Waals surface area contributed by atoms with Gasteiger partial charge in [0, 0.05) is 36.9 Å². The van der Waals surface area contributed by atoms with Crippen molar-refractivity contribution in [2.45, 2.75) is 71.1 Å². The van der Waals surface area contributed by atoms with Gasteiger partial charge in [0.1, 0.15) is 5.54 Å². The molecule has 2 aliphatic rings. The first kappa shape index (κ1) is 18.2. The number of hydrogen-bond acceptors (Lipinski definition) is 4. The molecule has 4 unspecified atom stereocenters. The van der Waals surface area contributed by atoms with Crippen molar-refractivity contribution in [1.29, 1.82) is 0 Å². The van der Waals surface area contributed by atoms with Crippen molar-refractivity contribution in [2.24, 2.45) is 17.1 Å². The Kier molecular flexibility index (Phi) is 5.36. The molecule has 1 aliphatic heterocycles. The number of rotatable bonds is 6. The zero-order valence-electron chi connectivity index (χ0n) is 14.8. The predicted octanol–water partition coefficient (Wildman–Crippen LogP) is 0.940. The summed E-state index contributed by atoms with van der Waals surface area (Å²) in [5.41, 5.74) is 5.21. The van der Waals surface area contributed by atoms with E-state index < -0.39 is 5.54 Å². The summed E-state index contributed by atoms with van der Waals surface area (Å²) >= 11 is 0. The fourth-order valence-electron chi connectivity index (χ4n) is 3.92. The molecule has 0 radical (unpaired) electrons. The number of hydrogen-bond donors (Lipinski definition) is 3. The van der Waals surface area contributed by atoms with Gasteiger partial charge in [-0.1, -0.05) is 20.8 Å². The Morgan fingerprint density at radius 3 is 2.74 bits per heavy atom. The molecule has 132 valence electrons. The van der Waals surface area contributed by atoms with Gasteiger partial charge >= 0.3 is 0 Å². The van der Waals surface area contributed by atoms with E-state index >= 15 is 0 Å². The first-order valence-electron chi connectivity index (χ1n) is 8.73. The SMILES string of the molecule is CCC(C)NC(=O)CCNC(=O)C1(N)C2CCCOC2C1(C)C. The Hall–Kier alpha value is -1.14. The van der Waals surface area contributed by atoms with Crippen LogP contribution in [-0.2, 0) is 14.3 Å². The van der Waals surface area contributed by atoms with Crippen LogP contribution in [0.4, 0.5) is 0 Å². The predicted molar refractivity (Wildman–Crippen MR) is 88.7 cm³/mol. The molecular formula is C17H31N3O3. The fourth-order valence-corrected chi connectivity index (χ4v) is 3.92. The van der Waals surface area contributed by atoms with Gasteiger partial charge in [-0.25, -0.2) is 0 Å². The molecule has 6 nitrogen and oxygen atoms in total. The minimum Gasteiger partial charge on any atom is -0.377 e. The van der Waals surface area contributed by atoms with E-state index in [0.717, 1.165) is 25.9 Å². The van der Waals surface area contributed by atoms with Gasteiger partial charge < -0.3 is 21.1 Å². The lowest BCUT2D eigenvalue weighted by atomic mass is 9.46. The lowest BCUT2D eigenvalue weighted by molar-refractivity contribution is -0.225. The van der Waals surface area contributed by atoms with Crippen LogP contribution in [0.15, 0.2) is 0 Å². The molecule has 0 aromatic heterocycles. The van der Waals surface area contributed by atoms with Gasteiger partial charge in [-0.3, -0.25) is 9.59 Å². The number of carbonyl (C=O) groups excluding carboxylic acids is 2. The normalized spacial score (nSPS) is 33.1. The summed E-state index contributed by atoms with van der Waals surface area (Å²) in [5, 5.41) is 5.75. The molecule has 2 rings (SSSR count). The average Bonchev–Trinajstić information content (AvgIpc) is 2.53. The Morgan fingerprint density at radius 2 is 2.09 bits per heavy atom. The molecule has 1 heterocycles. The van der Waals surface area contributed by atoms with Crippen LogP contribution < -0.4 is 16.4 Å². The van der Waals surface area contributed by atoms with Gasteiger partial charge in [0.05, 0.1) is 6.10 Å². The largest absolute Gasteiger partial charge is 0.377 e. The molecule has 2 fully saturated rings. The third-order valence-corrected chi connectivity index (χ3v) is 5.72. The highest BCUT2D eigenvalue weighted by Gasteiger charge is 2.70. The molecule has 4 atom stereocenters. The number of fused-ring (bicyclic) bond motifs is 1. The summed E-state index contributed by atoms with van der Waals surface area (Å²) in [6, 6.07) is 0.157. The van der Waals surface area contributed by atoms with E-state index in [-0.39, 0.29) is 41.7 Å². The summed E-state index contributed by atoms with van der Waals surface area (Å²) in [6.07, 6.45) is 3.09. The van der Waals surface area contributed by atoms with E-state index in [0.29, 0.717) is 6.54 Å². The quantitative estimate of drug-likeness (QED) is 0.677. The van der Waals surface area contributed by atoms with Crippen LogP contribution in [0.1, 0.15) is 53.4 Å². The minimum atomic E-state index is -0.911. The zero-order valence-corrected chi connectivity index (χ0v) is 14.8. The van der Waals surface area contributed by atoms with Gasteiger partial charge in [0.15, 0.2) is 0 Å².